The van der Waals surface area contributed by atoms with Crippen molar-refractivity contribution < 1.29 is 33.7 Å². The summed E-state index contributed by atoms with van der Waals surface area (Å²) in [5.74, 6) is -2.70. The molecule has 0 aliphatic carbocycles. The Bertz CT molecular complexity index is 836. The first-order chi connectivity index (χ1) is 14.9. The van der Waals surface area contributed by atoms with Crippen LogP contribution in [-0.4, -0.2) is 35.2 Å². The number of benzene rings is 2. The van der Waals surface area contributed by atoms with Crippen LogP contribution in [0, 0.1) is 0 Å². The Morgan fingerprint density at radius 1 is 0.774 bits per heavy atom. The molecule has 7 nitrogen and oxygen atoms in total. The summed E-state index contributed by atoms with van der Waals surface area (Å²) < 4.78 is 15.4. The fourth-order valence-electron chi connectivity index (χ4n) is 2.71. The van der Waals surface area contributed by atoms with E-state index < -0.39 is 36.4 Å². The maximum Gasteiger partial charge on any atom is 0.339 e. The second-order valence-electron chi connectivity index (χ2n) is 7.17. The molecule has 2 rings (SSSR count). The van der Waals surface area contributed by atoms with Crippen molar-refractivity contribution in [3.05, 3.63) is 71.8 Å². The monoisotopic (exact) mass is 428 g/mol. The Morgan fingerprint density at radius 2 is 1.26 bits per heavy atom. The molecule has 2 aromatic rings. The van der Waals surface area contributed by atoms with Gasteiger partial charge in [-0.15, -0.1) is 0 Å². The van der Waals surface area contributed by atoms with E-state index in [4.69, 9.17) is 14.2 Å². The standard InChI is InChI=1S/C24H28O7/c1-2-3-14-29-21(25)15-24(28,23(27)31-18-20-12-8-5-9-13-20)16-22(26)30-17-19-10-6-4-7-11-19/h4-13,28H,2-3,14-18H2,1H3. The van der Waals surface area contributed by atoms with Gasteiger partial charge in [0.15, 0.2) is 5.60 Å². The van der Waals surface area contributed by atoms with Crippen molar-refractivity contribution in [1.29, 1.82) is 0 Å². The minimum atomic E-state index is -2.38. The van der Waals surface area contributed by atoms with Gasteiger partial charge in [-0.2, -0.15) is 0 Å². The van der Waals surface area contributed by atoms with Gasteiger partial charge in [-0.1, -0.05) is 74.0 Å². The van der Waals surface area contributed by atoms with Crippen LogP contribution >= 0.6 is 0 Å². The average molecular weight is 428 g/mol. The van der Waals surface area contributed by atoms with Crippen LogP contribution in [0.3, 0.4) is 0 Å². The molecule has 1 unspecified atom stereocenters. The van der Waals surface area contributed by atoms with Crippen LogP contribution < -0.4 is 0 Å². The summed E-state index contributed by atoms with van der Waals surface area (Å²) in [6.07, 6.45) is 0.0469. The topological polar surface area (TPSA) is 99.1 Å². The van der Waals surface area contributed by atoms with E-state index in [9.17, 15) is 19.5 Å². The van der Waals surface area contributed by atoms with Gasteiger partial charge in [-0.3, -0.25) is 9.59 Å². The molecule has 0 saturated carbocycles. The molecule has 2 aromatic carbocycles. The molecule has 7 heteroatoms. The lowest BCUT2D eigenvalue weighted by atomic mass is 9.95. The molecular weight excluding hydrogens is 400 g/mol. The van der Waals surface area contributed by atoms with Gasteiger partial charge in [-0.25, -0.2) is 4.79 Å². The van der Waals surface area contributed by atoms with Crippen LogP contribution in [-0.2, 0) is 41.8 Å². The summed E-state index contributed by atoms with van der Waals surface area (Å²) in [7, 11) is 0. The highest BCUT2D eigenvalue weighted by Gasteiger charge is 2.43. The Hall–Kier alpha value is -3.19. The van der Waals surface area contributed by atoms with E-state index in [0.717, 1.165) is 12.0 Å². The first-order valence-electron chi connectivity index (χ1n) is 10.2. The maximum atomic E-state index is 12.6. The molecule has 0 heterocycles. The zero-order chi connectivity index (χ0) is 22.5. The second-order valence-corrected chi connectivity index (χ2v) is 7.17. The van der Waals surface area contributed by atoms with Crippen molar-refractivity contribution in [2.24, 2.45) is 0 Å². The van der Waals surface area contributed by atoms with Crippen LogP contribution in [0.1, 0.15) is 43.7 Å². The summed E-state index contributed by atoms with van der Waals surface area (Å²) in [4.78, 5) is 37.1. The van der Waals surface area contributed by atoms with Gasteiger partial charge in [0.05, 0.1) is 19.4 Å². The first-order valence-corrected chi connectivity index (χ1v) is 10.2. The van der Waals surface area contributed by atoms with E-state index in [-0.39, 0.29) is 19.8 Å². The third kappa shape index (κ3) is 8.60. The molecule has 0 aliphatic rings. The van der Waals surface area contributed by atoms with Gasteiger partial charge in [0, 0.05) is 0 Å². The van der Waals surface area contributed by atoms with Gasteiger partial charge in [0.25, 0.3) is 0 Å². The fraction of sp³-hybridized carbons (Fsp3) is 0.375. The minimum absolute atomic E-state index is 0.0181. The molecule has 0 amide bonds. The van der Waals surface area contributed by atoms with E-state index in [1.165, 1.54) is 0 Å². The number of unbranched alkanes of at least 4 members (excludes halogenated alkanes) is 1. The second kappa shape index (κ2) is 12.5. The van der Waals surface area contributed by atoms with Crippen molar-refractivity contribution in [2.75, 3.05) is 6.61 Å². The Balaban J connectivity index is 2.01. The summed E-state index contributed by atoms with van der Waals surface area (Å²) >= 11 is 0. The molecule has 0 bridgehead atoms. The van der Waals surface area contributed by atoms with Crippen molar-refractivity contribution >= 4 is 17.9 Å². The molecule has 1 N–H and O–H groups in total. The van der Waals surface area contributed by atoms with E-state index in [1.807, 2.05) is 19.1 Å². The fourth-order valence-corrected chi connectivity index (χ4v) is 2.71. The molecule has 166 valence electrons. The number of carbonyl (C=O) groups is 3. The van der Waals surface area contributed by atoms with E-state index in [1.54, 1.807) is 48.5 Å². The molecule has 0 aliphatic heterocycles. The van der Waals surface area contributed by atoms with Crippen LogP contribution in [0.4, 0.5) is 0 Å². The molecule has 31 heavy (non-hydrogen) atoms. The predicted octanol–water partition coefficient (Wildman–Crippen LogP) is 3.33. The van der Waals surface area contributed by atoms with E-state index in [2.05, 4.69) is 0 Å². The summed E-state index contributed by atoms with van der Waals surface area (Å²) in [5.41, 5.74) is -0.924. The molecule has 0 fully saturated rings. The average Bonchev–Trinajstić information content (AvgIpc) is 2.77. The predicted molar refractivity (Wildman–Crippen MR) is 113 cm³/mol. The number of esters is 3. The van der Waals surface area contributed by atoms with Gasteiger partial charge in [0.1, 0.15) is 13.2 Å². The van der Waals surface area contributed by atoms with E-state index >= 15 is 0 Å². The van der Waals surface area contributed by atoms with Crippen LogP contribution in [0.25, 0.3) is 0 Å². The van der Waals surface area contributed by atoms with Crippen LogP contribution in [0.5, 0.6) is 0 Å². The normalized spacial score (nSPS) is 12.5. The zero-order valence-corrected chi connectivity index (χ0v) is 17.6. The van der Waals surface area contributed by atoms with Crippen molar-refractivity contribution in [2.45, 2.75) is 51.4 Å². The molecule has 0 spiro atoms. The number of aliphatic hydroxyl groups is 1. The van der Waals surface area contributed by atoms with Crippen LogP contribution in [0.15, 0.2) is 60.7 Å². The largest absolute Gasteiger partial charge is 0.466 e. The molecule has 0 aromatic heterocycles. The third-order valence-electron chi connectivity index (χ3n) is 4.47. The molecule has 0 saturated heterocycles. The number of carbonyl (C=O) groups excluding carboxylic acids is 3. The Kier molecular flexibility index (Phi) is 9.71. The number of rotatable bonds is 12. The van der Waals surface area contributed by atoms with Gasteiger partial charge < -0.3 is 19.3 Å². The highest BCUT2D eigenvalue weighted by Crippen LogP contribution is 2.21. The van der Waals surface area contributed by atoms with Gasteiger partial charge in [-0.05, 0) is 17.5 Å². The summed E-state index contributed by atoms with van der Waals surface area (Å²) in [5, 5.41) is 10.9. The Labute approximate surface area is 181 Å². The van der Waals surface area contributed by atoms with Gasteiger partial charge >= 0.3 is 17.9 Å². The summed E-state index contributed by atoms with van der Waals surface area (Å²) in [6, 6.07) is 17.9. The highest BCUT2D eigenvalue weighted by atomic mass is 16.6. The lowest BCUT2D eigenvalue weighted by molar-refractivity contribution is -0.179. The smallest absolute Gasteiger partial charge is 0.339 e. The number of ether oxygens (including phenoxy) is 3. The molecular formula is C24H28O7. The lowest BCUT2D eigenvalue weighted by Crippen LogP contribution is -2.44. The SMILES string of the molecule is CCCCOC(=O)CC(O)(CC(=O)OCc1ccccc1)C(=O)OCc1ccccc1. The maximum absolute atomic E-state index is 12.6. The first kappa shape index (κ1) is 24.1. The summed E-state index contributed by atoms with van der Waals surface area (Å²) in [6.45, 7) is 1.98. The van der Waals surface area contributed by atoms with Gasteiger partial charge in [0.2, 0.25) is 0 Å². The minimum Gasteiger partial charge on any atom is -0.466 e. The zero-order valence-electron chi connectivity index (χ0n) is 17.6. The quantitative estimate of drug-likeness (QED) is 0.314. The van der Waals surface area contributed by atoms with Crippen LogP contribution in [0.2, 0.25) is 0 Å². The van der Waals surface area contributed by atoms with Crippen molar-refractivity contribution in [1.82, 2.24) is 0 Å². The lowest BCUT2D eigenvalue weighted by Gasteiger charge is -2.24. The number of hydrogen-bond acceptors (Lipinski definition) is 7. The third-order valence-corrected chi connectivity index (χ3v) is 4.47. The highest BCUT2D eigenvalue weighted by molar-refractivity contribution is 5.90. The Morgan fingerprint density at radius 3 is 1.77 bits per heavy atom. The molecule has 0 radical (unpaired) electrons. The van der Waals surface area contributed by atoms with Crippen molar-refractivity contribution in [3.8, 4) is 0 Å². The van der Waals surface area contributed by atoms with E-state index in [0.29, 0.717) is 12.0 Å². The molecule has 1 atom stereocenters. The van der Waals surface area contributed by atoms with Crippen molar-refractivity contribution in [3.63, 3.8) is 0 Å². The number of hydrogen-bond donors (Lipinski definition) is 1.